The predicted octanol–water partition coefficient (Wildman–Crippen LogP) is 3.40. The lowest BCUT2D eigenvalue weighted by atomic mass is 9.98. The zero-order chi connectivity index (χ0) is 16.7. The molecule has 0 aliphatic heterocycles. The van der Waals surface area contributed by atoms with E-state index in [1.54, 1.807) is 0 Å². The molecule has 23 heavy (non-hydrogen) atoms. The molecule has 122 valence electrons. The molecule has 3 N–H and O–H groups in total. The lowest BCUT2D eigenvalue weighted by molar-refractivity contribution is -0.117. The van der Waals surface area contributed by atoms with Crippen LogP contribution in [0.2, 0.25) is 0 Å². The van der Waals surface area contributed by atoms with E-state index in [0.29, 0.717) is 18.2 Å². The molecule has 1 atom stereocenters. The van der Waals surface area contributed by atoms with Crippen molar-refractivity contribution in [3.05, 3.63) is 60.2 Å². The normalized spacial score (nSPS) is 12.0. The van der Waals surface area contributed by atoms with Gasteiger partial charge >= 0.3 is 0 Å². The number of ether oxygens (including phenoxy) is 1. The summed E-state index contributed by atoms with van der Waals surface area (Å²) < 4.78 is 5.69. The number of hydrogen-bond donors (Lipinski definition) is 2. The predicted molar refractivity (Wildman–Crippen MR) is 93.6 cm³/mol. The van der Waals surface area contributed by atoms with E-state index in [1.165, 1.54) is 0 Å². The maximum Gasteiger partial charge on any atom is 0.233 e. The van der Waals surface area contributed by atoms with Gasteiger partial charge in [0.25, 0.3) is 0 Å². The molecule has 0 radical (unpaired) electrons. The van der Waals surface area contributed by atoms with Crippen molar-refractivity contribution in [2.75, 3.05) is 18.5 Å². The first-order valence-corrected chi connectivity index (χ1v) is 7.89. The summed E-state index contributed by atoms with van der Waals surface area (Å²) >= 11 is 0. The monoisotopic (exact) mass is 312 g/mol. The highest BCUT2D eigenvalue weighted by Gasteiger charge is 2.18. The lowest BCUT2D eigenvalue weighted by Gasteiger charge is -2.16. The van der Waals surface area contributed by atoms with Crippen LogP contribution in [0.1, 0.15) is 25.3 Å². The molecule has 2 rings (SSSR count). The summed E-state index contributed by atoms with van der Waals surface area (Å²) in [6.45, 7) is 5.10. The Morgan fingerprint density at radius 1 is 1.13 bits per heavy atom. The molecule has 0 bridgehead atoms. The first kappa shape index (κ1) is 17.0. The van der Waals surface area contributed by atoms with E-state index in [-0.39, 0.29) is 18.4 Å². The summed E-state index contributed by atoms with van der Waals surface area (Å²) in [6, 6.07) is 17.0. The van der Waals surface area contributed by atoms with Crippen molar-refractivity contribution in [3.8, 4) is 5.75 Å². The minimum Gasteiger partial charge on any atom is -0.493 e. The fourth-order valence-corrected chi connectivity index (χ4v) is 2.24. The van der Waals surface area contributed by atoms with Crippen molar-refractivity contribution in [2.45, 2.75) is 19.8 Å². The Morgan fingerprint density at radius 3 is 2.52 bits per heavy atom. The second-order valence-electron chi connectivity index (χ2n) is 5.92. The number of benzene rings is 2. The molecule has 0 saturated carbocycles. The number of rotatable bonds is 7. The van der Waals surface area contributed by atoms with Gasteiger partial charge in [-0.3, -0.25) is 4.79 Å². The number of anilines is 1. The molecule has 1 amide bonds. The molecular weight excluding hydrogens is 288 g/mol. The third kappa shape index (κ3) is 5.11. The molecule has 0 aliphatic carbocycles. The third-order valence-corrected chi connectivity index (χ3v) is 3.44. The van der Waals surface area contributed by atoms with E-state index in [1.807, 2.05) is 54.6 Å². The molecule has 4 heteroatoms. The number of nitrogens with one attached hydrogen (secondary N) is 1. The molecule has 2 aromatic carbocycles. The van der Waals surface area contributed by atoms with Gasteiger partial charge in [0.2, 0.25) is 5.91 Å². The van der Waals surface area contributed by atoms with Gasteiger partial charge in [0.05, 0.1) is 12.5 Å². The van der Waals surface area contributed by atoms with Crippen LogP contribution in [-0.2, 0) is 4.79 Å². The number of hydrogen-bond acceptors (Lipinski definition) is 3. The minimum absolute atomic E-state index is 0.111. The minimum atomic E-state index is -0.364. The standard InChI is InChI=1S/C19H24N2O2/c1-14(2)13-23-17-10-6-9-16(11-17)21-19(22)18(12-20)15-7-4-3-5-8-15/h3-11,14,18H,12-13,20H2,1-2H3,(H,21,22). The number of nitrogens with two attached hydrogens (primary N) is 1. The van der Waals surface area contributed by atoms with Gasteiger partial charge in [-0.1, -0.05) is 50.2 Å². The Morgan fingerprint density at radius 2 is 1.87 bits per heavy atom. The van der Waals surface area contributed by atoms with Crippen molar-refractivity contribution >= 4 is 11.6 Å². The van der Waals surface area contributed by atoms with Gasteiger partial charge in [0.1, 0.15) is 5.75 Å². The second-order valence-corrected chi connectivity index (χ2v) is 5.92. The molecule has 0 heterocycles. The van der Waals surface area contributed by atoms with E-state index in [2.05, 4.69) is 19.2 Å². The fourth-order valence-electron chi connectivity index (χ4n) is 2.24. The summed E-state index contributed by atoms with van der Waals surface area (Å²) in [5.74, 6) is 0.726. The van der Waals surface area contributed by atoms with Crippen LogP contribution >= 0.6 is 0 Å². The quantitative estimate of drug-likeness (QED) is 0.823. The van der Waals surface area contributed by atoms with Crippen molar-refractivity contribution in [1.82, 2.24) is 0 Å². The zero-order valence-electron chi connectivity index (χ0n) is 13.7. The van der Waals surface area contributed by atoms with Crippen LogP contribution in [0.5, 0.6) is 5.75 Å². The fraction of sp³-hybridized carbons (Fsp3) is 0.316. The van der Waals surface area contributed by atoms with Crippen LogP contribution in [0.25, 0.3) is 0 Å². The maximum atomic E-state index is 12.5. The SMILES string of the molecule is CC(C)COc1cccc(NC(=O)C(CN)c2ccccc2)c1. The van der Waals surface area contributed by atoms with Crippen molar-refractivity contribution in [1.29, 1.82) is 0 Å². The van der Waals surface area contributed by atoms with Crippen LogP contribution in [0.4, 0.5) is 5.69 Å². The first-order chi connectivity index (χ1) is 11.1. The van der Waals surface area contributed by atoms with E-state index < -0.39 is 0 Å². The highest BCUT2D eigenvalue weighted by molar-refractivity contribution is 5.96. The number of carbonyl (C=O) groups is 1. The molecule has 0 fully saturated rings. The van der Waals surface area contributed by atoms with Crippen molar-refractivity contribution in [2.24, 2.45) is 11.7 Å². The average Bonchev–Trinajstić information content (AvgIpc) is 2.55. The Balaban J connectivity index is 2.05. The van der Waals surface area contributed by atoms with Gasteiger partial charge in [-0.25, -0.2) is 0 Å². The molecule has 0 aromatic heterocycles. The summed E-state index contributed by atoms with van der Waals surface area (Å²) in [5, 5.41) is 2.92. The highest BCUT2D eigenvalue weighted by atomic mass is 16.5. The molecule has 0 spiro atoms. The average molecular weight is 312 g/mol. The van der Waals surface area contributed by atoms with Crippen LogP contribution in [0.15, 0.2) is 54.6 Å². The molecule has 0 aliphatic rings. The molecule has 2 aromatic rings. The zero-order valence-corrected chi connectivity index (χ0v) is 13.7. The Labute approximate surface area is 137 Å². The highest BCUT2D eigenvalue weighted by Crippen LogP contribution is 2.21. The second kappa shape index (κ2) is 8.34. The van der Waals surface area contributed by atoms with Crippen molar-refractivity contribution < 1.29 is 9.53 Å². The lowest BCUT2D eigenvalue weighted by Crippen LogP contribution is -2.27. The van der Waals surface area contributed by atoms with Crippen LogP contribution < -0.4 is 15.8 Å². The summed E-state index contributed by atoms with van der Waals surface area (Å²) in [7, 11) is 0. The number of amides is 1. The van der Waals surface area contributed by atoms with Gasteiger partial charge < -0.3 is 15.8 Å². The van der Waals surface area contributed by atoms with E-state index in [0.717, 1.165) is 11.3 Å². The van der Waals surface area contributed by atoms with Crippen LogP contribution in [0, 0.1) is 5.92 Å². The first-order valence-electron chi connectivity index (χ1n) is 7.89. The van der Waals surface area contributed by atoms with Gasteiger partial charge in [-0.05, 0) is 23.6 Å². The van der Waals surface area contributed by atoms with Crippen LogP contribution in [0.3, 0.4) is 0 Å². The molecule has 0 saturated heterocycles. The van der Waals surface area contributed by atoms with Crippen molar-refractivity contribution in [3.63, 3.8) is 0 Å². The largest absolute Gasteiger partial charge is 0.493 e. The molecule has 1 unspecified atom stereocenters. The van der Waals surface area contributed by atoms with E-state index >= 15 is 0 Å². The Kier molecular flexibility index (Phi) is 6.18. The molecular formula is C19H24N2O2. The third-order valence-electron chi connectivity index (χ3n) is 3.44. The Bertz CT molecular complexity index is 626. The van der Waals surface area contributed by atoms with E-state index in [4.69, 9.17) is 10.5 Å². The smallest absolute Gasteiger partial charge is 0.233 e. The molecule has 4 nitrogen and oxygen atoms in total. The van der Waals surface area contributed by atoms with E-state index in [9.17, 15) is 4.79 Å². The van der Waals surface area contributed by atoms with Gasteiger partial charge in [0.15, 0.2) is 0 Å². The van der Waals surface area contributed by atoms with Gasteiger partial charge in [0, 0.05) is 18.3 Å². The van der Waals surface area contributed by atoms with Gasteiger partial charge in [-0.15, -0.1) is 0 Å². The number of carbonyl (C=O) groups excluding carboxylic acids is 1. The summed E-state index contributed by atoms with van der Waals surface area (Å²) in [4.78, 5) is 12.5. The van der Waals surface area contributed by atoms with Gasteiger partial charge in [-0.2, -0.15) is 0 Å². The topological polar surface area (TPSA) is 64.3 Å². The van der Waals surface area contributed by atoms with Crippen LogP contribution in [-0.4, -0.2) is 19.1 Å². The summed E-state index contributed by atoms with van der Waals surface area (Å²) in [6.07, 6.45) is 0. The summed E-state index contributed by atoms with van der Waals surface area (Å²) in [5.41, 5.74) is 7.41. The maximum absolute atomic E-state index is 12.5. The Hall–Kier alpha value is -2.33.